The van der Waals surface area contributed by atoms with Crippen LogP contribution < -0.4 is 0 Å². The standard InChI is InChI=1S/C11H22N2O2/c1-12(2)5-3-4-6-13-8-10(9-14)7-11(13)15/h10,14H,3-9H2,1-2H3. The number of aliphatic hydroxyl groups excluding tert-OH is 1. The van der Waals surface area contributed by atoms with Crippen LogP contribution in [0.5, 0.6) is 0 Å². The first-order valence-corrected chi connectivity index (χ1v) is 5.67. The SMILES string of the molecule is CN(C)CCCCN1CC(CO)CC1=O. The van der Waals surface area contributed by atoms with E-state index in [9.17, 15) is 4.79 Å². The predicted octanol–water partition coefficient (Wildman–Crippen LogP) is 0.169. The molecule has 1 rings (SSSR count). The lowest BCUT2D eigenvalue weighted by Crippen LogP contribution is -2.27. The molecular weight excluding hydrogens is 192 g/mol. The molecule has 0 aromatic rings. The largest absolute Gasteiger partial charge is 0.396 e. The lowest BCUT2D eigenvalue weighted by molar-refractivity contribution is -0.127. The van der Waals surface area contributed by atoms with Gasteiger partial charge in [0.2, 0.25) is 5.91 Å². The summed E-state index contributed by atoms with van der Waals surface area (Å²) >= 11 is 0. The van der Waals surface area contributed by atoms with E-state index in [1.54, 1.807) is 0 Å². The van der Waals surface area contributed by atoms with Crippen molar-refractivity contribution in [1.82, 2.24) is 9.80 Å². The lowest BCUT2D eigenvalue weighted by Gasteiger charge is -2.16. The normalized spacial score (nSPS) is 21.7. The maximum Gasteiger partial charge on any atom is 0.223 e. The van der Waals surface area contributed by atoms with Crippen LogP contribution in [0.2, 0.25) is 0 Å². The average molecular weight is 214 g/mol. The topological polar surface area (TPSA) is 43.8 Å². The second-order valence-corrected chi connectivity index (χ2v) is 4.60. The molecule has 1 unspecified atom stereocenters. The zero-order valence-corrected chi connectivity index (χ0v) is 9.78. The average Bonchev–Trinajstić information content (AvgIpc) is 2.54. The highest BCUT2D eigenvalue weighted by molar-refractivity contribution is 5.78. The number of hydrogen-bond acceptors (Lipinski definition) is 3. The van der Waals surface area contributed by atoms with E-state index >= 15 is 0 Å². The summed E-state index contributed by atoms with van der Waals surface area (Å²) in [5.41, 5.74) is 0. The van der Waals surface area contributed by atoms with Crippen molar-refractivity contribution in [3.05, 3.63) is 0 Å². The first-order chi connectivity index (χ1) is 7.13. The molecule has 1 atom stereocenters. The number of carbonyl (C=O) groups excluding carboxylic acids is 1. The third kappa shape index (κ3) is 4.18. The first-order valence-electron chi connectivity index (χ1n) is 5.67. The fourth-order valence-electron chi connectivity index (χ4n) is 1.92. The van der Waals surface area contributed by atoms with Gasteiger partial charge < -0.3 is 14.9 Å². The van der Waals surface area contributed by atoms with Crippen molar-refractivity contribution in [3.63, 3.8) is 0 Å². The Labute approximate surface area is 91.9 Å². The number of rotatable bonds is 6. The molecule has 4 nitrogen and oxygen atoms in total. The van der Waals surface area contributed by atoms with Crippen molar-refractivity contribution >= 4 is 5.91 Å². The second kappa shape index (κ2) is 6.08. The van der Waals surface area contributed by atoms with Gasteiger partial charge in [0.25, 0.3) is 0 Å². The van der Waals surface area contributed by atoms with E-state index in [1.807, 2.05) is 4.90 Å². The fourth-order valence-corrected chi connectivity index (χ4v) is 1.92. The summed E-state index contributed by atoms with van der Waals surface area (Å²) in [6.45, 7) is 2.81. The van der Waals surface area contributed by atoms with Crippen LogP contribution in [-0.2, 0) is 4.79 Å². The minimum Gasteiger partial charge on any atom is -0.396 e. The van der Waals surface area contributed by atoms with Crippen LogP contribution in [0, 0.1) is 5.92 Å². The Hall–Kier alpha value is -0.610. The Morgan fingerprint density at radius 1 is 1.47 bits per heavy atom. The van der Waals surface area contributed by atoms with Crippen LogP contribution in [0.1, 0.15) is 19.3 Å². The summed E-state index contributed by atoms with van der Waals surface area (Å²) in [6, 6.07) is 0. The van der Waals surface area contributed by atoms with Gasteiger partial charge in [-0.2, -0.15) is 0 Å². The molecule has 1 amide bonds. The van der Waals surface area contributed by atoms with Crippen molar-refractivity contribution in [2.45, 2.75) is 19.3 Å². The molecule has 0 radical (unpaired) electrons. The Balaban J connectivity index is 2.14. The smallest absolute Gasteiger partial charge is 0.223 e. The van der Waals surface area contributed by atoms with E-state index in [4.69, 9.17) is 5.11 Å². The molecule has 1 aliphatic heterocycles. The zero-order valence-electron chi connectivity index (χ0n) is 9.78. The highest BCUT2D eigenvalue weighted by Crippen LogP contribution is 2.17. The number of aliphatic hydroxyl groups is 1. The molecule has 1 N–H and O–H groups in total. The number of unbranched alkanes of at least 4 members (excludes halogenated alkanes) is 1. The number of nitrogens with zero attached hydrogens (tertiary/aromatic N) is 2. The summed E-state index contributed by atoms with van der Waals surface area (Å²) in [7, 11) is 4.12. The van der Waals surface area contributed by atoms with Gasteiger partial charge in [0, 0.05) is 32.0 Å². The summed E-state index contributed by atoms with van der Waals surface area (Å²) in [4.78, 5) is 15.5. The lowest BCUT2D eigenvalue weighted by atomic mass is 10.1. The summed E-state index contributed by atoms with van der Waals surface area (Å²) in [5.74, 6) is 0.380. The maximum absolute atomic E-state index is 11.5. The molecule has 0 aromatic carbocycles. The van der Waals surface area contributed by atoms with Gasteiger partial charge in [0.05, 0.1) is 0 Å². The molecule has 1 heterocycles. The molecule has 15 heavy (non-hydrogen) atoms. The molecule has 88 valence electrons. The van der Waals surface area contributed by atoms with Crippen LogP contribution in [0.15, 0.2) is 0 Å². The summed E-state index contributed by atoms with van der Waals surface area (Å²) in [6.07, 6.45) is 2.72. The van der Waals surface area contributed by atoms with Crippen LogP contribution in [0.3, 0.4) is 0 Å². The molecule has 0 spiro atoms. The van der Waals surface area contributed by atoms with Gasteiger partial charge >= 0.3 is 0 Å². The van der Waals surface area contributed by atoms with Crippen LogP contribution in [0.25, 0.3) is 0 Å². The van der Waals surface area contributed by atoms with Crippen molar-refractivity contribution in [1.29, 1.82) is 0 Å². The van der Waals surface area contributed by atoms with Crippen LogP contribution in [-0.4, -0.2) is 61.2 Å². The minimum atomic E-state index is 0.139. The van der Waals surface area contributed by atoms with Gasteiger partial charge in [-0.15, -0.1) is 0 Å². The van der Waals surface area contributed by atoms with Gasteiger partial charge in [0.15, 0.2) is 0 Å². The predicted molar refractivity (Wildman–Crippen MR) is 59.6 cm³/mol. The quantitative estimate of drug-likeness (QED) is 0.641. The zero-order chi connectivity index (χ0) is 11.3. The van der Waals surface area contributed by atoms with E-state index in [1.165, 1.54) is 0 Å². The Morgan fingerprint density at radius 2 is 2.20 bits per heavy atom. The summed E-state index contributed by atoms with van der Waals surface area (Å²) in [5, 5.41) is 8.96. The van der Waals surface area contributed by atoms with E-state index in [-0.39, 0.29) is 18.4 Å². The second-order valence-electron chi connectivity index (χ2n) is 4.60. The number of likely N-dealkylation sites (tertiary alicyclic amines) is 1. The molecule has 0 bridgehead atoms. The van der Waals surface area contributed by atoms with Crippen molar-refractivity contribution in [2.24, 2.45) is 5.92 Å². The van der Waals surface area contributed by atoms with E-state index in [2.05, 4.69) is 19.0 Å². The molecule has 1 fully saturated rings. The third-order valence-electron chi connectivity index (χ3n) is 2.84. The number of hydrogen-bond donors (Lipinski definition) is 1. The van der Waals surface area contributed by atoms with E-state index in [0.29, 0.717) is 6.42 Å². The Kier molecular flexibility index (Phi) is 5.05. The number of carbonyl (C=O) groups is 1. The highest BCUT2D eigenvalue weighted by Gasteiger charge is 2.28. The monoisotopic (exact) mass is 214 g/mol. The first kappa shape index (κ1) is 12.5. The molecule has 1 aliphatic rings. The van der Waals surface area contributed by atoms with Gasteiger partial charge in [0.1, 0.15) is 0 Å². The van der Waals surface area contributed by atoms with Gasteiger partial charge in [-0.1, -0.05) is 0 Å². The fraction of sp³-hybridized carbons (Fsp3) is 0.909. The van der Waals surface area contributed by atoms with Gasteiger partial charge in [-0.05, 0) is 33.5 Å². The Bertz CT molecular complexity index is 207. The summed E-state index contributed by atoms with van der Waals surface area (Å²) < 4.78 is 0. The molecule has 0 aromatic heterocycles. The molecular formula is C11H22N2O2. The van der Waals surface area contributed by atoms with Crippen molar-refractivity contribution < 1.29 is 9.90 Å². The molecule has 0 aliphatic carbocycles. The van der Waals surface area contributed by atoms with Gasteiger partial charge in [-0.25, -0.2) is 0 Å². The van der Waals surface area contributed by atoms with Crippen molar-refractivity contribution in [2.75, 3.05) is 40.3 Å². The third-order valence-corrected chi connectivity index (χ3v) is 2.84. The minimum absolute atomic E-state index is 0.139. The molecule has 0 saturated carbocycles. The van der Waals surface area contributed by atoms with Crippen LogP contribution in [0.4, 0.5) is 0 Å². The molecule has 4 heteroatoms. The molecule has 1 saturated heterocycles. The number of amides is 1. The van der Waals surface area contributed by atoms with Crippen LogP contribution >= 0.6 is 0 Å². The maximum atomic E-state index is 11.5. The van der Waals surface area contributed by atoms with Crippen molar-refractivity contribution in [3.8, 4) is 0 Å². The highest BCUT2D eigenvalue weighted by atomic mass is 16.3. The van der Waals surface area contributed by atoms with E-state index < -0.39 is 0 Å². The van der Waals surface area contributed by atoms with E-state index in [0.717, 1.165) is 32.5 Å². The van der Waals surface area contributed by atoms with Gasteiger partial charge in [-0.3, -0.25) is 4.79 Å². The Morgan fingerprint density at radius 3 is 2.73 bits per heavy atom.